The minimum absolute atomic E-state index is 0.992. The Hall–Kier alpha value is -1.18. The number of fused-ring (bicyclic) bond motifs is 1. The van der Waals surface area contributed by atoms with E-state index in [0.717, 1.165) is 17.7 Å². The van der Waals surface area contributed by atoms with E-state index in [1.807, 2.05) is 0 Å². The fourth-order valence-corrected chi connectivity index (χ4v) is 0.939. The van der Waals surface area contributed by atoms with Gasteiger partial charge in [-0.25, -0.2) is 0 Å². The van der Waals surface area contributed by atoms with Crippen LogP contribution >= 0.6 is 0 Å². The van der Waals surface area contributed by atoms with Crippen molar-refractivity contribution in [2.45, 2.75) is 6.42 Å². The van der Waals surface area contributed by atoms with E-state index < -0.39 is 0 Å². The molecule has 0 aromatic carbocycles. The van der Waals surface area contributed by atoms with E-state index in [0.29, 0.717) is 0 Å². The van der Waals surface area contributed by atoms with Crippen molar-refractivity contribution in [2.24, 2.45) is 10.2 Å². The molecule has 0 saturated carbocycles. The van der Waals surface area contributed by atoms with Crippen molar-refractivity contribution >= 4 is 0 Å². The molecule has 44 valence electrons. The molecule has 0 spiro atoms. The fourth-order valence-electron chi connectivity index (χ4n) is 0.939. The molecule has 2 aliphatic rings. The van der Waals surface area contributed by atoms with E-state index in [2.05, 4.69) is 28.5 Å². The largest absolute Gasteiger partial charge is 0.158 e. The first-order chi connectivity index (χ1) is 4.47. The number of hydrogen-bond donors (Lipinski definition) is 0. The summed E-state index contributed by atoms with van der Waals surface area (Å²) < 4.78 is 0. The lowest BCUT2D eigenvalue weighted by Crippen LogP contribution is -1.82. The molecule has 0 radical (unpaired) electrons. The monoisotopic (exact) mass is 118 g/mol. The van der Waals surface area contributed by atoms with Gasteiger partial charge in [0.05, 0.1) is 11.9 Å². The molecule has 1 aliphatic heterocycles. The summed E-state index contributed by atoms with van der Waals surface area (Å²) in [6, 6.07) is 0. The van der Waals surface area contributed by atoms with Gasteiger partial charge in [0.25, 0.3) is 0 Å². The van der Waals surface area contributed by atoms with Gasteiger partial charge in [-0.1, -0.05) is 18.2 Å². The van der Waals surface area contributed by atoms with E-state index in [1.54, 1.807) is 6.20 Å². The van der Waals surface area contributed by atoms with Crippen molar-refractivity contribution in [2.75, 3.05) is 0 Å². The molecule has 0 fully saturated rings. The number of azo groups is 1. The van der Waals surface area contributed by atoms with Crippen LogP contribution in [0.5, 0.6) is 0 Å². The summed E-state index contributed by atoms with van der Waals surface area (Å²) >= 11 is 0. The zero-order valence-electron chi connectivity index (χ0n) is 4.91. The van der Waals surface area contributed by atoms with Gasteiger partial charge in [0.2, 0.25) is 0 Å². The SMILES string of the molecule is C1=CC2=CN=NC2=CC1. The third kappa shape index (κ3) is 0.633. The Kier molecular flexibility index (Phi) is 0.859. The number of hydrogen-bond acceptors (Lipinski definition) is 2. The van der Waals surface area contributed by atoms with Crippen LogP contribution in [0.2, 0.25) is 0 Å². The van der Waals surface area contributed by atoms with Crippen molar-refractivity contribution in [3.63, 3.8) is 0 Å². The predicted molar refractivity (Wildman–Crippen MR) is 34.8 cm³/mol. The smallest absolute Gasteiger partial charge is 0.0908 e. The Morgan fingerprint density at radius 2 is 2.44 bits per heavy atom. The Morgan fingerprint density at radius 3 is 3.33 bits per heavy atom. The molecule has 0 saturated heterocycles. The first kappa shape index (κ1) is 4.68. The number of allylic oxidation sites excluding steroid dienone is 3. The highest BCUT2D eigenvalue weighted by molar-refractivity contribution is 5.43. The van der Waals surface area contributed by atoms with Crippen molar-refractivity contribution in [1.82, 2.24) is 0 Å². The lowest BCUT2D eigenvalue weighted by atomic mass is 10.1. The summed E-state index contributed by atoms with van der Waals surface area (Å²) in [5.74, 6) is 0. The summed E-state index contributed by atoms with van der Waals surface area (Å²) in [6.07, 6.45) is 9.00. The summed E-state index contributed by atoms with van der Waals surface area (Å²) in [5, 5.41) is 7.67. The first-order valence-corrected chi connectivity index (χ1v) is 2.95. The van der Waals surface area contributed by atoms with Crippen LogP contribution in [0.3, 0.4) is 0 Å². The van der Waals surface area contributed by atoms with Gasteiger partial charge in [0, 0.05) is 5.57 Å². The van der Waals surface area contributed by atoms with Gasteiger partial charge in [0.15, 0.2) is 0 Å². The maximum absolute atomic E-state index is 3.90. The van der Waals surface area contributed by atoms with Crippen LogP contribution in [-0.2, 0) is 0 Å². The zero-order chi connectivity index (χ0) is 6.10. The Bertz CT molecular complexity index is 244. The molecule has 0 aromatic rings. The Labute approximate surface area is 53.3 Å². The molecular formula is C7H6N2. The van der Waals surface area contributed by atoms with E-state index in [9.17, 15) is 0 Å². The molecule has 0 amide bonds. The maximum Gasteiger partial charge on any atom is 0.0908 e. The van der Waals surface area contributed by atoms with Gasteiger partial charge in [-0.3, -0.25) is 0 Å². The van der Waals surface area contributed by atoms with Crippen molar-refractivity contribution in [3.8, 4) is 0 Å². The third-order valence-electron chi connectivity index (χ3n) is 1.40. The minimum atomic E-state index is 0.992. The third-order valence-corrected chi connectivity index (χ3v) is 1.40. The summed E-state index contributed by atoms with van der Waals surface area (Å²) in [5.41, 5.74) is 2.17. The molecule has 0 atom stereocenters. The topological polar surface area (TPSA) is 24.7 Å². The van der Waals surface area contributed by atoms with E-state index in [1.165, 1.54) is 0 Å². The highest BCUT2D eigenvalue weighted by Crippen LogP contribution is 2.23. The average molecular weight is 118 g/mol. The summed E-state index contributed by atoms with van der Waals surface area (Å²) in [6.45, 7) is 0. The minimum Gasteiger partial charge on any atom is -0.158 e. The normalized spacial score (nSPS) is 21.3. The maximum atomic E-state index is 3.90. The summed E-state index contributed by atoms with van der Waals surface area (Å²) in [4.78, 5) is 0. The predicted octanol–water partition coefficient (Wildman–Crippen LogP) is 2.18. The number of rotatable bonds is 0. The zero-order valence-corrected chi connectivity index (χ0v) is 4.91. The van der Waals surface area contributed by atoms with Crippen molar-refractivity contribution < 1.29 is 0 Å². The van der Waals surface area contributed by atoms with Crippen LogP contribution in [0.25, 0.3) is 0 Å². The highest BCUT2D eigenvalue weighted by Gasteiger charge is 2.07. The molecule has 0 unspecified atom stereocenters. The molecule has 0 bridgehead atoms. The Morgan fingerprint density at radius 1 is 1.44 bits per heavy atom. The molecule has 2 nitrogen and oxygen atoms in total. The van der Waals surface area contributed by atoms with Crippen molar-refractivity contribution in [1.29, 1.82) is 0 Å². The highest BCUT2D eigenvalue weighted by atomic mass is 15.1. The fraction of sp³-hybridized carbons (Fsp3) is 0.143. The van der Waals surface area contributed by atoms with Crippen LogP contribution in [0.1, 0.15) is 6.42 Å². The van der Waals surface area contributed by atoms with E-state index >= 15 is 0 Å². The van der Waals surface area contributed by atoms with Gasteiger partial charge in [-0.15, -0.1) is 0 Å². The second-order valence-corrected chi connectivity index (χ2v) is 2.03. The molecule has 0 aromatic heterocycles. The first-order valence-electron chi connectivity index (χ1n) is 2.95. The van der Waals surface area contributed by atoms with Crippen molar-refractivity contribution in [3.05, 3.63) is 35.7 Å². The van der Waals surface area contributed by atoms with Gasteiger partial charge in [-0.2, -0.15) is 10.2 Å². The average Bonchev–Trinajstić information content (AvgIpc) is 2.33. The van der Waals surface area contributed by atoms with Gasteiger partial charge in [0.1, 0.15) is 0 Å². The van der Waals surface area contributed by atoms with Crippen LogP contribution in [-0.4, -0.2) is 0 Å². The Balaban J connectivity index is 2.46. The number of nitrogens with zero attached hydrogens (tertiary/aromatic N) is 2. The molecular weight excluding hydrogens is 112 g/mol. The van der Waals surface area contributed by atoms with Crippen LogP contribution in [0.15, 0.2) is 45.9 Å². The van der Waals surface area contributed by atoms with Crippen LogP contribution < -0.4 is 0 Å². The van der Waals surface area contributed by atoms with Gasteiger partial charge in [-0.05, 0) is 6.42 Å². The molecule has 2 heteroatoms. The molecule has 0 N–H and O–H groups in total. The molecule has 9 heavy (non-hydrogen) atoms. The van der Waals surface area contributed by atoms with Gasteiger partial charge >= 0.3 is 0 Å². The lowest BCUT2D eigenvalue weighted by Gasteiger charge is -1.98. The second kappa shape index (κ2) is 1.65. The second-order valence-electron chi connectivity index (χ2n) is 2.03. The van der Waals surface area contributed by atoms with Crippen LogP contribution in [0.4, 0.5) is 0 Å². The standard InChI is InChI=1S/C7H6N2/c1-2-4-7-6(3-1)5-8-9-7/h1,3-5H,2H2. The van der Waals surface area contributed by atoms with Gasteiger partial charge < -0.3 is 0 Å². The lowest BCUT2D eigenvalue weighted by molar-refractivity contribution is 1.18. The quantitative estimate of drug-likeness (QED) is 0.465. The molecule has 1 aliphatic carbocycles. The van der Waals surface area contributed by atoms with Crippen LogP contribution in [0, 0.1) is 0 Å². The van der Waals surface area contributed by atoms with E-state index in [4.69, 9.17) is 0 Å². The molecule has 2 rings (SSSR count). The molecule has 1 heterocycles. The van der Waals surface area contributed by atoms with E-state index in [-0.39, 0.29) is 0 Å². The summed E-state index contributed by atoms with van der Waals surface area (Å²) in [7, 11) is 0.